The molecule has 5 heteroatoms. The van der Waals surface area contributed by atoms with Gasteiger partial charge in [-0.3, -0.25) is 4.79 Å². The van der Waals surface area contributed by atoms with E-state index in [4.69, 9.17) is 9.84 Å². The van der Waals surface area contributed by atoms with Crippen LogP contribution in [0.2, 0.25) is 0 Å². The molecule has 0 aromatic heterocycles. The van der Waals surface area contributed by atoms with Gasteiger partial charge < -0.3 is 14.7 Å². The Kier molecular flexibility index (Phi) is 4.40. The molecule has 0 saturated carbocycles. The van der Waals surface area contributed by atoms with Gasteiger partial charge in [0.25, 0.3) is 0 Å². The zero-order valence-electron chi connectivity index (χ0n) is 11.3. The quantitative estimate of drug-likeness (QED) is 0.851. The summed E-state index contributed by atoms with van der Waals surface area (Å²) in [5, 5.41) is 8.76. The van der Waals surface area contributed by atoms with Crippen LogP contribution < -0.4 is 4.74 Å². The fraction of sp³-hybridized carbons (Fsp3) is 0.333. The molecule has 2 rings (SSSR count). The topological polar surface area (TPSA) is 66.8 Å². The van der Waals surface area contributed by atoms with Crippen LogP contribution in [0, 0.1) is 0 Å². The highest BCUT2D eigenvalue weighted by molar-refractivity contribution is 5.99. The third kappa shape index (κ3) is 3.38. The van der Waals surface area contributed by atoms with E-state index in [1.165, 1.54) is 0 Å². The summed E-state index contributed by atoms with van der Waals surface area (Å²) in [7, 11) is 1.60. The van der Waals surface area contributed by atoms with Gasteiger partial charge in [-0.2, -0.15) is 0 Å². The van der Waals surface area contributed by atoms with Gasteiger partial charge >= 0.3 is 5.97 Å². The maximum atomic E-state index is 12.2. The van der Waals surface area contributed by atoms with Crippen molar-refractivity contribution < 1.29 is 19.4 Å². The Hall–Kier alpha value is -2.30. The van der Waals surface area contributed by atoms with Crippen molar-refractivity contribution in [3.63, 3.8) is 0 Å². The minimum atomic E-state index is -1.07. The van der Waals surface area contributed by atoms with E-state index in [0.29, 0.717) is 25.1 Å². The number of methoxy groups -OCH3 is 1. The minimum Gasteiger partial charge on any atom is -0.497 e. The summed E-state index contributed by atoms with van der Waals surface area (Å²) in [4.78, 5) is 24.5. The fourth-order valence-corrected chi connectivity index (χ4v) is 2.26. The first kappa shape index (κ1) is 14.1. The van der Waals surface area contributed by atoms with Crippen LogP contribution in [-0.2, 0) is 16.1 Å². The van der Waals surface area contributed by atoms with Gasteiger partial charge in [0, 0.05) is 24.7 Å². The minimum absolute atomic E-state index is 0.186. The zero-order valence-corrected chi connectivity index (χ0v) is 11.3. The number of amides is 1. The van der Waals surface area contributed by atoms with Crippen LogP contribution >= 0.6 is 0 Å². The van der Waals surface area contributed by atoms with Gasteiger partial charge in [-0.1, -0.05) is 12.1 Å². The first-order valence-corrected chi connectivity index (χ1v) is 6.46. The Balaban J connectivity index is 2.08. The van der Waals surface area contributed by atoms with E-state index in [0.717, 1.165) is 23.8 Å². The number of rotatable bonds is 4. The maximum absolute atomic E-state index is 12.2. The summed E-state index contributed by atoms with van der Waals surface area (Å²) < 4.78 is 5.09. The van der Waals surface area contributed by atoms with Crippen molar-refractivity contribution in [1.29, 1.82) is 0 Å². The van der Waals surface area contributed by atoms with E-state index in [1.54, 1.807) is 12.0 Å². The largest absolute Gasteiger partial charge is 0.497 e. The van der Waals surface area contributed by atoms with E-state index in [1.807, 2.05) is 24.3 Å². The third-order valence-electron chi connectivity index (χ3n) is 3.27. The van der Waals surface area contributed by atoms with Crippen LogP contribution in [-0.4, -0.2) is 35.5 Å². The summed E-state index contributed by atoms with van der Waals surface area (Å²) in [5.74, 6) is -0.487. The molecule has 1 aromatic rings. The molecule has 1 N–H and O–H groups in total. The molecule has 1 aliphatic rings. The molecule has 0 radical (unpaired) electrons. The molecule has 1 heterocycles. The number of hydrogen-bond donors (Lipinski definition) is 1. The standard InChI is InChI=1S/C15H17NO4/c1-20-13-6-4-11(5-7-13)10-16-8-2-3-12(15(16)19)9-14(17)18/h4-7,9H,2-3,8,10H2,1H3,(H,17,18)/b12-9-. The van der Waals surface area contributed by atoms with Gasteiger partial charge in [-0.05, 0) is 30.5 Å². The number of hydrogen-bond acceptors (Lipinski definition) is 3. The first-order valence-electron chi connectivity index (χ1n) is 6.46. The molecule has 5 nitrogen and oxygen atoms in total. The number of likely N-dealkylation sites (tertiary alicyclic amines) is 1. The Morgan fingerprint density at radius 1 is 1.40 bits per heavy atom. The van der Waals surface area contributed by atoms with Gasteiger partial charge in [0.15, 0.2) is 0 Å². The molecule has 1 fully saturated rings. The average Bonchev–Trinajstić information content (AvgIpc) is 2.43. The van der Waals surface area contributed by atoms with Crippen molar-refractivity contribution >= 4 is 11.9 Å². The molecule has 0 unspecified atom stereocenters. The molecule has 1 aromatic carbocycles. The molecular weight excluding hydrogens is 258 g/mol. The number of nitrogens with zero attached hydrogens (tertiary/aromatic N) is 1. The van der Waals surface area contributed by atoms with E-state index in [2.05, 4.69) is 0 Å². The van der Waals surface area contributed by atoms with E-state index in [9.17, 15) is 9.59 Å². The highest BCUT2D eigenvalue weighted by Crippen LogP contribution is 2.20. The van der Waals surface area contributed by atoms with Crippen molar-refractivity contribution in [2.75, 3.05) is 13.7 Å². The number of piperidine rings is 1. The molecule has 1 saturated heterocycles. The predicted octanol–water partition coefficient (Wildman–Crippen LogP) is 1.83. The summed E-state index contributed by atoms with van der Waals surface area (Å²) in [6.45, 7) is 1.14. The van der Waals surface area contributed by atoms with Crippen LogP contribution in [0.15, 0.2) is 35.9 Å². The molecule has 20 heavy (non-hydrogen) atoms. The van der Waals surface area contributed by atoms with E-state index < -0.39 is 5.97 Å². The lowest BCUT2D eigenvalue weighted by Crippen LogP contribution is -2.36. The second-order valence-electron chi connectivity index (χ2n) is 4.69. The summed E-state index contributed by atoms with van der Waals surface area (Å²) in [6, 6.07) is 7.50. The van der Waals surface area contributed by atoms with Gasteiger partial charge in [-0.25, -0.2) is 4.79 Å². The number of carboxylic acids is 1. The predicted molar refractivity (Wildman–Crippen MR) is 73.4 cm³/mol. The molecule has 0 aliphatic carbocycles. The Bertz CT molecular complexity index is 533. The van der Waals surface area contributed by atoms with E-state index in [-0.39, 0.29) is 5.91 Å². The van der Waals surface area contributed by atoms with E-state index >= 15 is 0 Å². The Morgan fingerprint density at radius 2 is 2.10 bits per heavy atom. The fourth-order valence-electron chi connectivity index (χ4n) is 2.26. The SMILES string of the molecule is COc1ccc(CN2CCC/C(=C/C(=O)O)C2=O)cc1. The number of carbonyl (C=O) groups is 2. The van der Waals surface area contributed by atoms with Gasteiger partial charge in [-0.15, -0.1) is 0 Å². The molecule has 0 atom stereocenters. The normalized spacial score (nSPS) is 17.4. The molecule has 1 aliphatic heterocycles. The zero-order chi connectivity index (χ0) is 14.5. The lowest BCUT2D eigenvalue weighted by Gasteiger charge is -2.28. The highest BCUT2D eigenvalue weighted by atomic mass is 16.5. The van der Waals surface area contributed by atoms with Crippen molar-refractivity contribution in [3.8, 4) is 5.75 Å². The monoisotopic (exact) mass is 275 g/mol. The summed E-state index contributed by atoms with van der Waals surface area (Å²) in [6.07, 6.45) is 2.34. The van der Waals surface area contributed by atoms with Gasteiger partial charge in [0.1, 0.15) is 5.75 Å². The van der Waals surface area contributed by atoms with Crippen molar-refractivity contribution in [2.24, 2.45) is 0 Å². The smallest absolute Gasteiger partial charge is 0.328 e. The number of carboxylic acid groups (broad SMARTS) is 1. The first-order chi connectivity index (χ1) is 9.60. The van der Waals surface area contributed by atoms with Crippen LogP contribution in [0.4, 0.5) is 0 Å². The van der Waals surface area contributed by atoms with Crippen molar-refractivity contribution in [1.82, 2.24) is 4.90 Å². The molecule has 0 spiro atoms. The summed E-state index contributed by atoms with van der Waals surface area (Å²) >= 11 is 0. The van der Waals surface area contributed by atoms with Crippen LogP contribution in [0.25, 0.3) is 0 Å². The van der Waals surface area contributed by atoms with Crippen LogP contribution in [0.3, 0.4) is 0 Å². The highest BCUT2D eigenvalue weighted by Gasteiger charge is 2.23. The number of ether oxygens (including phenoxy) is 1. The molecule has 1 amide bonds. The third-order valence-corrected chi connectivity index (χ3v) is 3.27. The lowest BCUT2D eigenvalue weighted by molar-refractivity contribution is -0.133. The average molecular weight is 275 g/mol. The maximum Gasteiger partial charge on any atom is 0.328 e. The van der Waals surface area contributed by atoms with Crippen molar-refractivity contribution in [3.05, 3.63) is 41.5 Å². The lowest BCUT2D eigenvalue weighted by atomic mass is 10.0. The van der Waals surface area contributed by atoms with Crippen LogP contribution in [0.1, 0.15) is 18.4 Å². The van der Waals surface area contributed by atoms with Crippen LogP contribution in [0.5, 0.6) is 5.75 Å². The number of aliphatic carboxylic acids is 1. The van der Waals surface area contributed by atoms with Gasteiger partial charge in [0.2, 0.25) is 5.91 Å². The second-order valence-corrected chi connectivity index (χ2v) is 4.69. The van der Waals surface area contributed by atoms with Crippen molar-refractivity contribution in [2.45, 2.75) is 19.4 Å². The molecular formula is C15H17NO4. The molecule has 0 bridgehead atoms. The molecule has 106 valence electrons. The second kappa shape index (κ2) is 6.23. The Morgan fingerprint density at radius 3 is 2.70 bits per heavy atom. The summed E-state index contributed by atoms with van der Waals surface area (Å²) in [5.41, 5.74) is 1.37. The number of carbonyl (C=O) groups excluding carboxylic acids is 1. The van der Waals surface area contributed by atoms with Gasteiger partial charge in [0.05, 0.1) is 7.11 Å². The number of benzene rings is 1. The Labute approximate surface area is 117 Å².